The lowest BCUT2D eigenvalue weighted by atomic mass is 10.3. The molecule has 0 aliphatic carbocycles. The normalized spacial score (nSPS) is 11.4. The standard InChI is InChI=1S/C12H10Br2N4S/c1-6-10-11(17(2)16-6)18(12(19)15-10)9-5-7(13)3-4-8(9)14/h3-5H,1-2H3,(H,15,19). The number of fused-ring (bicyclic) bond motifs is 1. The lowest BCUT2D eigenvalue weighted by molar-refractivity contribution is 0.759. The first-order valence-corrected chi connectivity index (χ1v) is 7.58. The summed E-state index contributed by atoms with van der Waals surface area (Å²) in [6.07, 6.45) is 0. The molecule has 0 saturated heterocycles. The van der Waals surface area contributed by atoms with Crippen LogP contribution in [-0.2, 0) is 7.05 Å². The molecular weight excluding hydrogens is 392 g/mol. The molecule has 2 aromatic heterocycles. The Balaban J connectivity index is 2.45. The summed E-state index contributed by atoms with van der Waals surface area (Å²) in [6.45, 7) is 1.97. The van der Waals surface area contributed by atoms with Crippen LogP contribution in [-0.4, -0.2) is 19.3 Å². The quantitative estimate of drug-likeness (QED) is 0.619. The van der Waals surface area contributed by atoms with Crippen molar-refractivity contribution in [3.8, 4) is 5.69 Å². The Morgan fingerprint density at radius 1 is 1.32 bits per heavy atom. The third-order valence-electron chi connectivity index (χ3n) is 2.99. The van der Waals surface area contributed by atoms with Gasteiger partial charge in [0.1, 0.15) is 5.52 Å². The van der Waals surface area contributed by atoms with Crippen LogP contribution in [0.1, 0.15) is 5.69 Å². The largest absolute Gasteiger partial charge is 0.327 e. The van der Waals surface area contributed by atoms with Crippen LogP contribution in [0.3, 0.4) is 0 Å². The number of aromatic amines is 1. The fourth-order valence-corrected chi connectivity index (χ4v) is 3.25. The smallest absolute Gasteiger partial charge is 0.184 e. The molecule has 0 unspecified atom stereocenters. The Kier molecular flexibility index (Phi) is 3.15. The number of aromatic nitrogens is 4. The number of rotatable bonds is 1. The van der Waals surface area contributed by atoms with E-state index in [4.69, 9.17) is 12.2 Å². The highest BCUT2D eigenvalue weighted by molar-refractivity contribution is 9.11. The molecule has 0 aliphatic heterocycles. The molecule has 0 radical (unpaired) electrons. The van der Waals surface area contributed by atoms with Crippen molar-refractivity contribution < 1.29 is 0 Å². The monoisotopic (exact) mass is 400 g/mol. The van der Waals surface area contributed by atoms with Crippen LogP contribution < -0.4 is 0 Å². The third-order valence-corrected chi connectivity index (χ3v) is 4.44. The van der Waals surface area contributed by atoms with Crippen LogP contribution in [0.4, 0.5) is 0 Å². The van der Waals surface area contributed by atoms with Crippen molar-refractivity contribution in [1.82, 2.24) is 19.3 Å². The van der Waals surface area contributed by atoms with E-state index in [2.05, 4.69) is 41.9 Å². The van der Waals surface area contributed by atoms with E-state index in [1.165, 1.54) is 0 Å². The zero-order valence-corrected chi connectivity index (χ0v) is 14.2. The number of aryl methyl sites for hydroxylation is 2. The van der Waals surface area contributed by atoms with Crippen LogP contribution in [0, 0.1) is 11.7 Å². The Hall–Kier alpha value is -0.920. The van der Waals surface area contributed by atoms with Crippen molar-refractivity contribution >= 4 is 55.2 Å². The fourth-order valence-electron chi connectivity index (χ4n) is 2.19. The average Bonchev–Trinajstić information content (AvgIpc) is 2.81. The van der Waals surface area contributed by atoms with Crippen molar-refractivity contribution in [2.24, 2.45) is 7.05 Å². The van der Waals surface area contributed by atoms with Crippen molar-refractivity contribution in [2.75, 3.05) is 0 Å². The van der Waals surface area contributed by atoms with Gasteiger partial charge in [0.2, 0.25) is 0 Å². The number of nitrogens with one attached hydrogen (secondary N) is 1. The van der Waals surface area contributed by atoms with Crippen LogP contribution in [0.25, 0.3) is 16.9 Å². The molecule has 0 spiro atoms. The van der Waals surface area contributed by atoms with Crippen LogP contribution in [0.15, 0.2) is 27.1 Å². The molecule has 0 amide bonds. The van der Waals surface area contributed by atoms with Gasteiger partial charge in [-0.05, 0) is 53.3 Å². The number of benzene rings is 1. The maximum absolute atomic E-state index is 5.44. The van der Waals surface area contributed by atoms with E-state index in [1.807, 2.05) is 41.4 Å². The van der Waals surface area contributed by atoms with Gasteiger partial charge in [0, 0.05) is 16.0 Å². The van der Waals surface area contributed by atoms with Gasteiger partial charge in [-0.15, -0.1) is 0 Å². The number of H-pyrrole nitrogens is 1. The summed E-state index contributed by atoms with van der Waals surface area (Å²) in [5, 5.41) is 4.42. The first-order valence-electron chi connectivity index (χ1n) is 5.59. The second kappa shape index (κ2) is 4.57. The molecule has 0 bridgehead atoms. The van der Waals surface area contributed by atoms with Crippen LogP contribution >= 0.6 is 44.1 Å². The van der Waals surface area contributed by atoms with E-state index in [0.717, 1.165) is 31.5 Å². The Labute approximate surface area is 131 Å². The first-order chi connectivity index (χ1) is 8.99. The first kappa shape index (κ1) is 13.1. The zero-order chi connectivity index (χ0) is 13.7. The molecule has 7 heteroatoms. The maximum atomic E-state index is 5.44. The van der Waals surface area contributed by atoms with Crippen molar-refractivity contribution in [1.29, 1.82) is 0 Å². The minimum atomic E-state index is 0.657. The number of nitrogens with zero attached hydrogens (tertiary/aromatic N) is 3. The predicted molar refractivity (Wildman–Crippen MR) is 85.4 cm³/mol. The summed E-state index contributed by atoms with van der Waals surface area (Å²) in [4.78, 5) is 3.22. The van der Waals surface area contributed by atoms with Crippen molar-refractivity contribution in [3.05, 3.63) is 37.6 Å². The molecule has 0 atom stereocenters. The van der Waals surface area contributed by atoms with Crippen LogP contribution in [0.5, 0.6) is 0 Å². The number of imidazole rings is 1. The predicted octanol–water partition coefficient (Wildman–Crippen LogP) is 4.26. The van der Waals surface area contributed by atoms with Crippen LogP contribution in [0.2, 0.25) is 0 Å². The minimum absolute atomic E-state index is 0.657. The van der Waals surface area contributed by atoms with Gasteiger partial charge in [-0.3, -0.25) is 4.57 Å². The van der Waals surface area contributed by atoms with Gasteiger partial charge in [-0.25, -0.2) is 4.68 Å². The molecule has 19 heavy (non-hydrogen) atoms. The second-order valence-corrected chi connectivity index (χ2v) is 6.43. The number of hydrogen-bond donors (Lipinski definition) is 1. The molecule has 3 rings (SSSR count). The second-order valence-electron chi connectivity index (χ2n) is 4.27. The minimum Gasteiger partial charge on any atom is -0.327 e. The zero-order valence-electron chi connectivity index (χ0n) is 10.2. The Bertz CT molecular complexity index is 843. The molecule has 0 aliphatic rings. The van der Waals surface area contributed by atoms with E-state index in [-0.39, 0.29) is 0 Å². The highest BCUT2D eigenvalue weighted by Gasteiger charge is 2.15. The van der Waals surface area contributed by atoms with Gasteiger partial charge < -0.3 is 4.98 Å². The summed E-state index contributed by atoms with van der Waals surface area (Å²) in [5.74, 6) is 0. The Morgan fingerprint density at radius 2 is 2.05 bits per heavy atom. The lowest BCUT2D eigenvalue weighted by Gasteiger charge is -2.08. The molecule has 0 saturated carbocycles. The van der Waals surface area contributed by atoms with Crippen molar-refractivity contribution in [3.63, 3.8) is 0 Å². The maximum Gasteiger partial charge on any atom is 0.184 e. The van der Waals surface area contributed by atoms with E-state index in [1.54, 1.807) is 0 Å². The lowest BCUT2D eigenvalue weighted by Crippen LogP contribution is -2.01. The average molecular weight is 402 g/mol. The highest BCUT2D eigenvalue weighted by atomic mass is 79.9. The molecule has 0 fully saturated rings. The van der Waals surface area contributed by atoms with Gasteiger partial charge in [-0.1, -0.05) is 15.9 Å². The number of hydrogen-bond acceptors (Lipinski definition) is 2. The molecule has 1 aromatic carbocycles. The van der Waals surface area contributed by atoms with Gasteiger partial charge >= 0.3 is 0 Å². The van der Waals surface area contributed by atoms with E-state index in [0.29, 0.717) is 4.77 Å². The highest BCUT2D eigenvalue weighted by Crippen LogP contribution is 2.29. The van der Waals surface area contributed by atoms with Gasteiger partial charge in [0.15, 0.2) is 10.4 Å². The SMILES string of the molecule is Cc1nn(C)c2c1[nH]c(=S)n2-c1cc(Br)ccc1Br. The number of halogens is 2. The Morgan fingerprint density at radius 3 is 2.79 bits per heavy atom. The third kappa shape index (κ3) is 2.00. The molecule has 2 heterocycles. The van der Waals surface area contributed by atoms with E-state index in [9.17, 15) is 0 Å². The van der Waals surface area contributed by atoms with Gasteiger partial charge in [0.05, 0.1) is 11.4 Å². The fraction of sp³-hybridized carbons (Fsp3) is 0.167. The summed E-state index contributed by atoms with van der Waals surface area (Å²) < 4.78 is 6.46. The summed E-state index contributed by atoms with van der Waals surface area (Å²) in [7, 11) is 1.92. The van der Waals surface area contributed by atoms with Gasteiger partial charge in [-0.2, -0.15) is 5.10 Å². The van der Waals surface area contributed by atoms with Crippen molar-refractivity contribution in [2.45, 2.75) is 6.92 Å². The summed E-state index contributed by atoms with van der Waals surface area (Å²) in [5.41, 5.74) is 3.85. The molecule has 98 valence electrons. The van der Waals surface area contributed by atoms with E-state index < -0.39 is 0 Å². The molecule has 3 aromatic rings. The van der Waals surface area contributed by atoms with Gasteiger partial charge in [0.25, 0.3) is 0 Å². The van der Waals surface area contributed by atoms with E-state index >= 15 is 0 Å². The summed E-state index contributed by atoms with van der Waals surface area (Å²) in [6, 6.07) is 5.99. The summed E-state index contributed by atoms with van der Waals surface area (Å²) >= 11 is 12.5. The molecule has 1 N–H and O–H groups in total. The molecule has 4 nitrogen and oxygen atoms in total. The topological polar surface area (TPSA) is 38.5 Å². The molecular formula is C12H10Br2N4S.